The molecule has 25 heavy (non-hydrogen) atoms. The lowest BCUT2D eigenvalue weighted by Crippen LogP contribution is -2.52. The van der Waals surface area contributed by atoms with Crippen LogP contribution in [0.4, 0.5) is 0 Å². The van der Waals surface area contributed by atoms with Crippen LogP contribution < -0.4 is 5.73 Å². The monoisotopic (exact) mass is 344 g/mol. The van der Waals surface area contributed by atoms with Crippen LogP contribution in [-0.2, 0) is 15.0 Å². The van der Waals surface area contributed by atoms with Crippen molar-refractivity contribution in [3.8, 4) is 0 Å². The van der Waals surface area contributed by atoms with E-state index >= 15 is 0 Å². The lowest BCUT2D eigenvalue weighted by atomic mass is 9.72. The Bertz CT molecular complexity index is 615. The number of nitrogens with two attached hydrogens (primary N) is 1. The predicted octanol–water partition coefficient (Wildman–Crippen LogP) is 2.12. The zero-order valence-corrected chi connectivity index (χ0v) is 14.7. The fourth-order valence-electron chi connectivity index (χ4n) is 4.35. The van der Waals surface area contributed by atoms with Gasteiger partial charge >= 0.3 is 0 Å². The molecule has 1 heterocycles. The minimum atomic E-state index is -0.840. The molecule has 0 atom stereocenters. The van der Waals surface area contributed by atoms with Gasteiger partial charge in [0.1, 0.15) is 0 Å². The average molecular weight is 344 g/mol. The lowest BCUT2D eigenvalue weighted by Gasteiger charge is -2.41. The van der Waals surface area contributed by atoms with Crippen LogP contribution >= 0.6 is 0 Å². The van der Waals surface area contributed by atoms with Crippen LogP contribution in [0.5, 0.6) is 0 Å². The van der Waals surface area contributed by atoms with Crippen LogP contribution in [0, 0.1) is 0 Å². The number of rotatable bonds is 4. The number of carbonyl (C=O) groups is 2. The van der Waals surface area contributed by atoms with Crippen LogP contribution in [0.3, 0.4) is 0 Å². The maximum absolute atomic E-state index is 12.6. The number of hydrogen-bond donors (Lipinski definition) is 2. The highest BCUT2D eigenvalue weighted by atomic mass is 16.3. The molecule has 1 aliphatic heterocycles. The number of likely N-dealkylation sites (tertiary alicyclic amines) is 1. The van der Waals surface area contributed by atoms with Gasteiger partial charge in [0.05, 0.1) is 17.4 Å². The molecule has 5 heteroatoms. The van der Waals surface area contributed by atoms with Gasteiger partial charge < -0.3 is 15.7 Å². The predicted molar refractivity (Wildman–Crippen MR) is 95.8 cm³/mol. The van der Waals surface area contributed by atoms with E-state index in [-0.39, 0.29) is 18.2 Å². The Kier molecular flexibility index (Phi) is 5.13. The van der Waals surface area contributed by atoms with E-state index in [1.807, 2.05) is 30.3 Å². The van der Waals surface area contributed by atoms with E-state index in [9.17, 15) is 14.7 Å². The van der Waals surface area contributed by atoms with Crippen molar-refractivity contribution in [2.75, 3.05) is 13.1 Å². The molecule has 0 aromatic heterocycles. The van der Waals surface area contributed by atoms with Gasteiger partial charge in [-0.15, -0.1) is 0 Å². The molecule has 0 spiro atoms. The molecular formula is C20H28N2O3. The highest BCUT2D eigenvalue weighted by Gasteiger charge is 2.43. The van der Waals surface area contributed by atoms with Crippen LogP contribution in [0.15, 0.2) is 30.3 Å². The van der Waals surface area contributed by atoms with E-state index in [1.165, 1.54) is 0 Å². The van der Waals surface area contributed by atoms with E-state index < -0.39 is 11.0 Å². The Hall–Kier alpha value is -1.88. The van der Waals surface area contributed by atoms with Gasteiger partial charge in [-0.1, -0.05) is 49.6 Å². The van der Waals surface area contributed by atoms with E-state index in [0.29, 0.717) is 38.8 Å². The van der Waals surface area contributed by atoms with Crippen LogP contribution in [0.2, 0.25) is 0 Å². The van der Waals surface area contributed by atoms with Crippen LogP contribution in [-0.4, -0.2) is 40.5 Å². The number of amides is 2. The smallest absolute Gasteiger partial charge is 0.228 e. The Balaban J connectivity index is 1.66. The van der Waals surface area contributed by atoms with Crippen LogP contribution in [0.25, 0.3) is 0 Å². The molecule has 0 unspecified atom stereocenters. The summed E-state index contributed by atoms with van der Waals surface area (Å²) in [7, 11) is 0. The van der Waals surface area contributed by atoms with E-state index in [4.69, 9.17) is 5.73 Å². The van der Waals surface area contributed by atoms with E-state index in [2.05, 4.69) is 0 Å². The van der Waals surface area contributed by atoms with Gasteiger partial charge in [0, 0.05) is 13.1 Å². The number of hydrogen-bond acceptors (Lipinski definition) is 3. The summed E-state index contributed by atoms with van der Waals surface area (Å²) >= 11 is 0. The van der Waals surface area contributed by atoms with Gasteiger partial charge in [0.15, 0.2) is 0 Å². The molecule has 2 fully saturated rings. The van der Waals surface area contributed by atoms with E-state index in [0.717, 1.165) is 24.8 Å². The van der Waals surface area contributed by atoms with Gasteiger partial charge in [0.2, 0.25) is 11.8 Å². The van der Waals surface area contributed by atoms with E-state index in [1.54, 1.807) is 4.90 Å². The third-order valence-corrected chi connectivity index (χ3v) is 6.03. The van der Waals surface area contributed by atoms with Crippen molar-refractivity contribution in [2.45, 2.75) is 62.4 Å². The number of carbonyl (C=O) groups excluding carboxylic acids is 2. The Morgan fingerprint density at radius 2 is 1.60 bits per heavy atom. The topological polar surface area (TPSA) is 83.6 Å². The maximum Gasteiger partial charge on any atom is 0.228 e. The first kappa shape index (κ1) is 17.9. The zero-order valence-electron chi connectivity index (χ0n) is 14.7. The van der Waals surface area contributed by atoms with Gasteiger partial charge in [-0.25, -0.2) is 0 Å². The molecule has 3 rings (SSSR count). The molecular weight excluding hydrogens is 316 g/mol. The normalized spacial score (nSPS) is 22.4. The highest BCUT2D eigenvalue weighted by Crippen LogP contribution is 2.37. The summed E-state index contributed by atoms with van der Waals surface area (Å²) in [4.78, 5) is 26.6. The molecule has 2 amide bonds. The summed E-state index contributed by atoms with van der Waals surface area (Å²) in [6.07, 6.45) is 5.81. The van der Waals surface area contributed by atoms with Crippen molar-refractivity contribution in [1.29, 1.82) is 0 Å². The quantitative estimate of drug-likeness (QED) is 0.877. The summed E-state index contributed by atoms with van der Waals surface area (Å²) in [5.74, 6) is -0.327. The number of benzene rings is 1. The van der Waals surface area contributed by atoms with Crippen molar-refractivity contribution >= 4 is 11.8 Å². The third kappa shape index (κ3) is 3.71. The summed E-state index contributed by atoms with van der Waals surface area (Å²) in [6, 6.07) is 9.62. The Morgan fingerprint density at radius 1 is 1.00 bits per heavy atom. The maximum atomic E-state index is 12.6. The first-order chi connectivity index (χ1) is 12.0. The minimum Gasteiger partial charge on any atom is -0.389 e. The molecule has 1 saturated heterocycles. The molecule has 2 aliphatic rings. The highest BCUT2D eigenvalue weighted by molar-refractivity contribution is 5.87. The number of piperidine rings is 1. The Morgan fingerprint density at radius 3 is 2.16 bits per heavy atom. The summed E-state index contributed by atoms with van der Waals surface area (Å²) in [6.45, 7) is 1.01. The lowest BCUT2D eigenvalue weighted by molar-refractivity contribution is -0.141. The van der Waals surface area contributed by atoms with Crippen molar-refractivity contribution in [1.82, 2.24) is 4.90 Å². The fourth-order valence-corrected chi connectivity index (χ4v) is 4.35. The standard InChI is InChI=1S/C20H28N2O3/c21-18(24)20(16-7-3-1-4-8-16)11-13-22(14-12-20)17(23)15-19(25)9-5-2-6-10-19/h1,3-4,7-8,25H,2,5-6,9-15H2,(H2,21,24). The molecule has 1 saturated carbocycles. The van der Waals surface area contributed by atoms with Crippen LogP contribution in [0.1, 0.15) is 56.9 Å². The molecule has 1 aromatic rings. The number of nitrogens with zero attached hydrogens (tertiary/aromatic N) is 1. The second-order valence-electron chi connectivity index (χ2n) is 7.65. The molecule has 0 bridgehead atoms. The first-order valence-corrected chi connectivity index (χ1v) is 9.31. The number of primary amides is 1. The minimum absolute atomic E-state index is 0.00414. The first-order valence-electron chi connectivity index (χ1n) is 9.31. The fraction of sp³-hybridized carbons (Fsp3) is 0.600. The van der Waals surface area contributed by atoms with Crippen molar-refractivity contribution in [3.05, 3.63) is 35.9 Å². The molecule has 1 aromatic carbocycles. The summed E-state index contributed by atoms with van der Waals surface area (Å²) < 4.78 is 0. The number of aliphatic hydroxyl groups is 1. The summed E-state index contributed by atoms with van der Waals surface area (Å²) in [5, 5.41) is 10.6. The molecule has 3 N–H and O–H groups in total. The molecule has 0 radical (unpaired) electrons. The zero-order chi connectivity index (χ0) is 17.9. The van der Waals surface area contributed by atoms with Crippen molar-refractivity contribution in [3.63, 3.8) is 0 Å². The average Bonchev–Trinajstić information content (AvgIpc) is 2.62. The molecule has 136 valence electrons. The van der Waals surface area contributed by atoms with Gasteiger partial charge in [0.25, 0.3) is 0 Å². The summed E-state index contributed by atoms with van der Waals surface area (Å²) in [5.41, 5.74) is 5.14. The molecule has 1 aliphatic carbocycles. The van der Waals surface area contributed by atoms with Gasteiger partial charge in [-0.3, -0.25) is 9.59 Å². The van der Waals surface area contributed by atoms with Gasteiger partial charge in [-0.05, 0) is 31.2 Å². The van der Waals surface area contributed by atoms with Crippen molar-refractivity contribution < 1.29 is 14.7 Å². The van der Waals surface area contributed by atoms with Gasteiger partial charge in [-0.2, -0.15) is 0 Å². The SMILES string of the molecule is NC(=O)C1(c2ccccc2)CCN(C(=O)CC2(O)CCCCC2)CC1. The second kappa shape index (κ2) is 7.16. The Labute approximate surface area is 149 Å². The largest absolute Gasteiger partial charge is 0.389 e. The molecule has 5 nitrogen and oxygen atoms in total. The second-order valence-corrected chi connectivity index (χ2v) is 7.65. The van der Waals surface area contributed by atoms with Crippen molar-refractivity contribution in [2.24, 2.45) is 5.73 Å². The third-order valence-electron chi connectivity index (χ3n) is 6.03.